The Morgan fingerprint density at radius 1 is 0.474 bits per heavy atom. The molecular formula is C34H66O4. The second kappa shape index (κ2) is 24.9. The van der Waals surface area contributed by atoms with Crippen molar-refractivity contribution in [2.24, 2.45) is 17.3 Å². The third kappa shape index (κ3) is 22.9. The van der Waals surface area contributed by atoms with E-state index >= 15 is 0 Å². The topological polar surface area (TPSA) is 74.6 Å². The lowest BCUT2D eigenvalue weighted by atomic mass is 9.74. The summed E-state index contributed by atoms with van der Waals surface area (Å²) in [6.45, 7) is 9.18. The summed E-state index contributed by atoms with van der Waals surface area (Å²) in [5, 5.41) is 19.3. The molecule has 0 rings (SSSR count). The number of carbonyl (C=O) groups is 2. The monoisotopic (exact) mass is 538 g/mol. The van der Waals surface area contributed by atoms with Gasteiger partial charge in [0.15, 0.2) is 0 Å². The van der Waals surface area contributed by atoms with Gasteiger partial charge >= 0.3 is 11.9 Å². The molecule has 0 aliphatic heterocycles. The molecule has 0 saturated heterocycles. The number of carboxylic acid groups (broad SMARTS) is 2. The molecule has 0 amide bonds. The summed E-state index contributed by atoms with van der Waals surface area (Å²) in [4.78, 5) is 23.5. The van der Waals surface area contributed by atoms with Crippen LogP contribution in [-0.4, -0.2) is 22.2 Å². The lowest BCUT2D eigenvalue weighted by Gasteiger charge is -2.30. The second-order valence-corrected chi connectivity index (χ2v) is 13.1. The lowest BCUT2D eigenvalue weighted by molar-refractivity contribution is -0.151. The Morgan fingerprint density at radius 2 is 0.763 bits per heavy atom. The Morgan fingerprint density at radius 3 is 1.05 bits per heavy atom. The zero-order valence-electron chi connectivity index (χ0n) is 26.0. The molecule has 0 aromatic heterocycles. The Balaban J connectivity index is 4.22. The zero-order chi connectivity index (χ0) is 28.5. The normalized spacial score (nSPS) is 12.1. The molecule has 0 radical (unpaired) electrons. The van der Waals surface area contributed by atoms with Crippen LogP contribution in [0, 0.1) is 17.3 Å². The molecule has 0 fully saturated rings. The van der Waals surface area contributed by atoms with Gasteiger partial charge in [0.25, 0.3) is 0 Å². The summed E-state index contributed by atoms with van der Waals surface area (Å²) in [5.41, 5.74) is -0.734. The molecule has 0 saturated carbocycles. The van der Waals surface area contributed by atoms with Crippen molar-refractivity contribution in [1.29, 1.82) is 0 Å². The standard InChI is InChI=1S/C34H66O4/c1-30(2)24-19-15-11-7-5-9-13-17-21-27-34(33(37)38,29-23-26-32(35)36)28-22-18-14-10-6-8-12-16-20-25-31(3)4/h30-31H,5-29H2,1-4H3,(H,35,36)(H,37,38). The highest BCUT2D eigenvalue weighted by atomic mass is 16.4. The Kier molecular flexibility index (Phi) is 24.2. The summed E-state index contributed by atoms with van der Waals surface area (Å²) in [6.07, 6.45) is 27.4. The molecule has 4 heteroatoms. The summed E-state index contributed by atoms with van der Waals surface area (Å²) in [6, 6.07) is 0. The minimum Gasteiger partial charge on any atom is -0.481 e. The molecule has 0 aliphatic carbocycles. The van der Waals surface area contributed by atoms with E-state index in [1.165, 1.54) is 103 Å². The molecule has 226 valence electrons. The van der Waals surface area contributed by atoms with Crippen LogP contribution in [0.5, 0.6) is 0 Å². The molecule has 38 heavy (non-hydrogen) atoms. The van der Waals surface area contributed by atoms with Crippen LogP contribution in [0.15, 0.2) is 0 Å². The van der Waals surface area contributed by atoms with Gasteiger partial charge in [-0.25, -0.2) is 0 Å². The first-order chi connectivity index (χ1) is 18.2. The molecule has 2 N–H and O–H groups in total. The van der Waals surface area contributed by atoms with Crippen molar-refractivity contribution in [1.82, 2.24) is 0 Å². The van der Waals surface area contributed by atoms with Crippen molar-refractivity contribution < 1.29 is 19.8 Å². The van der Waals surface area contributed by atoms with Gasteiger partial charge in [-0.2, -0.15) is 0 Å². The number of unbranched alkanes of at least 4 members (excludes halogenated alkanes) is 16. The first-order valence-electron chi connectivity index (χ1n) is 16.6. The number of carboxylic acids is 2. The third-order valence-corrected chi connectivity index (χ3v) is 8.37. The van der Waals surface area contributed by atoms with Crippen molar-refractivity contribution in [3.8, 4) is 0 Å². The Hall–Kier alpha value is -1.06. The van der Waals surface area contributed by atoms with Gasteiger partial charge in [-0.15, -0.1) is 0 Å². The van der Waals surface area contributed by atoms with Crippen LogP contribution in [0.4, 0.5) is 0 Å². The highest BCUT2D eigenvalue weighted by Gasteiger charge is 2.36. The highest BCUT2D eigenvalue weighted by molar-refractivity contribution is 5.74. The van der Waals surface area contributed by atoms with Gasteiger partial charge in [0.2, 0.25) is 0 Å². The molecule has 0 spiro atoms. The molecule has 4 nitrogen and oxygen atoms in total. The van der Waals surface area contributed by atoms with Gasteiger partial charge < -0.3 is 10.2 Å². The summed E-state index contributed by atoms with van der Waals surface area (Å²) in [5.74, 6) is 0.107. The van der Waals surface area contributed by atoms with Crippen LogP contribution in [0.25, 0.3) is 0 Å². The number of hydrogen-bond donors (Lipinski definition) is 2. The fourth-order valence-electron chi connectivity index (χ4n) is 5.78. The highest BCUT2D eigenvalue weighted by Crippen LogP contribution is 2.37. The smallest absolute Gasteiger partial charge is 0.309 e. The molecular weight excluding hydrogens is 472 g/mol. The van der Waals surface area contributed by atoms with E-state index < -0.39 is 17.4 Å². The molecule has 0 bridgehead atoms. The number of rotatable bonds is 29. The Bertz CT molecular complexity index is 525. The summed E-state index contributed by atoms with van der Waals surface area (Å²) < 4.78 is 0. The Labute approximate surface area is 237 Å². The largest absolute Gasteiger partial charge is 0.481 e. The number of hydrogen-bond acceptors (Lipinski definition) is 2. The third-order valence-electron chi connectivity index (χ3n) is 8.37. The maximum absolute atomic E-state index is 12.4. The zero-order valence-corrected chi connectivity index (χ0v) is 26.0. The average molecular weight is 539 g/mol. The van der Waals surface area contributed by atoms with Gasteiger partial charge in [0.1, 0.15) is 0 Å². The van der Waals surface area contributed by atoms with Gasteiger partial charge in [0.05, 0.1) is 5.41 Å². The molecule has 0 aromatic rings. The molecule has 0 aromatic carbocycles. The minimum atomic E-state index is -0.822. The quantitative estimate of drug-likeness (QED) is 0.0928. The predicted octanol–water partition coefficient (Wildman–Crippen LogP) is 11.2. The van der Waals surface area contributed by atoms with E-state index in [4.69, 9.17) is 5.11 Å². The van der Waals surface area contributed by atoms with E-state index in [9.17, 15) is 14.7 Å². The lowest BCUT2D eigenvalue weighted by Crippen LogP contribution is -2.31. The number of aliphatic carboxylic acids is 2. The van der Waals surface area contributed by atoms with Crippen molar-refractivity contribution in [3.05, 3.63) is 0 Å². The molecule has 0 atom stereocenters. The molecule has 0 aliphatic rings. The van der Waals surface area contributed by atoms with Gasteiger partial charge in [0, 0.05) is 6.42 Å². The average Bonchev–Trinajstić information content (AvgIpc) is 2.84. The van der Waals surface area contributed by atoms with Crippen molar-refractivity contribution >= 4 is 11.9 Å². The fourth-order valence-corrected chi connectivity index (χ4v) is 5.78. The molecule has 0 heterocycles. The van der Waals surface area contributed by atoms with Gasteiger partial charge in [-0.1, -0.05) is 156 Å². The fraction of sp³-hybridized carbons (Fsp3) is 0.941. The first-order valence-corrected chi connectivity index (χ1v) is 16.6. The second-order valence-electron chi connectivity index (χ2n) is 13.1. The first kappa shape index (κ1) is 36.9. The van der Waals surface area contributed by atoms with Crippen molar-refractivity contribution in [3.63, 3.8) is 0 Å². The van der Waals surface area contributed by atoms with E-state index in [1.807, 2.05) is 0 Å². The minimum absolute atomic E-state index is 0.0728. The van der Waals surface area contributed by atoms with Crippen LogP contribution in [0.1, 0.15) is 188 Å². The van der Waals surface area contributed by atoms with E-state index in [0.717, 1.165) is 37.5 Å². The van der Waals surface area contributed by atoms with Crippen LogP contribution < -0.4 is 0 Å². The maximum atomic E-state index is 12.4. The maximum Gasteiger partial charge on any atom is 0.309 e. The van der Waals surface area contributed by atoms with Crippen molar-refractivity contribution in [2.75, 3.05) is 0 Å². The van der Waals surface area contributed by atoms with Crippen LogP contribution >= 0.6 is 0 Å². The van der Waals surface area contributed by atoms with Crippen molar-refractivity contribution in [2.45, 2.75) is 188 Å². The van der Waals surface area contributed by atoms with E-state index in [0.29, 0.717) is 25.7 Å². The van der Waals surface area contributed by atoms with Crippen LogP contribution in [0.2, 0.25) is 0 Å². The van der Waals surface area contributed by atoms with Crippen LogP contribution in [-0.2, 0) is 9.59 Å². The SMILES string of the molecule is CC(C)CCCCCCCCCCCC(CCCCCCCCCCCC(C)C)(CCCC(=O)O)C(=O)O. The predicted molar refractivity (Wildman–Crippen MR) is 163 cm³/mol. The van der Waals surface area contributed by atoms with Gasteiger partial charge in [-0.3, -0.25) is 9.59 Å². The van der Waals surface area contributed by atoms with E-state index in [1.54, 1.807) is 0 Å². The van der Waals surface area contributed by atoms with E-state index in [-0.39, 0.29) is 6.42 Å². The van der Waals surface area contributed by atoms with Gasteiger partial charge in [-0.05, 0) is 37.5 Å². The molecule has 0 unspecified atom stereocenters. The summed E-state index contributed by atoms with van der Waals surface area (Å²) >= 11 is 0. The van der Waals surface area contributed by atoms with E-state index in [2.05, 4.69) is 27.7 Å². The van der Waals surface area contributed by atoms with Crippen LogP contribution in [0.3, 0.4) is 0 Å². The summed E-state index contributed by atoms with van der Waals surface area (Å²) in [7, 11) is 0.